The van der Waals surface area contributed by atoms with Crippen molar-refractivity contribution in [3.63, 3.8) is 0 Å². The van der Waals surface area contributed by atoms with Crippen molar-refractivity contribution >= 4 is 34.8 Å². The Morgan fingerprint density at radius 3 is 2.88 bits per heavy atom. The molecule has 2 heterocycles. The van der Waals surface area contributed by atoms with Gasteiger partial charge in [-0.3, -0.25) is 9.59 Å². The van der Waals surface area contributed by atoms with E-state index in [0.717, 1.165) is 11.3 Å². The third kappa shape index (κ3) is 3.31. The van der Waals surface area contributed by atoms with E-state index in [1.165, 1.54) is 6.20 Å². The van der Waals surface area contributed by atoms with Gasteiger partial charge in [0.05, 0.1) is 23.5 Å². The van der Waals surface area contributed by atoms with Gasteiger partial charge < -0.3 is 20.5 Å². The average molecular weight is 361 g/mol. The van der Waals surface area contributed by atoms with Crippen molar-refractivity contribution in [2.75, 3.05) is 5.32 Å². The summed E-state index contributed by atoms with van der Waals surface area (Å²) in [6.07, 6.45) is 0.561. The SMILES string of the molecule is CC1Oc2c(cccc2C(=O)NC(C)c2ncc(C(=O)O)s2)NC1=O. The Bertz CT molecular complexity index is 863. The summed E-state index contributed by atoms with van der Waals surface area (Å²) in [4.78, 5) is 39.3. The van der Waals surface area contributed by atoms with E-state index in [1.807, 2.05) is 0 Å². The lowest BCUT2D eigenvalue weighted by Gasteiger charge is -2.25. The van der Waals surface area contributed by atoms with Crippen molar-refractivity contribution in [1.82, 2.24) is 10.3 Å². The van der Waals surface area contributed by atoms with Crippen LogP contribution in [0.1, 0.15) is 44.9 Å². The average Bonchev–Trinajstić information content (AvgIpc) is 3.05. The van der Waals surface area contributed by atoms with Crippen molar-refractivity contribution in [2.45, 2.75) is 26.0 Å². The molecule has 2 unspecified atom stereocenters. The zero-order valence-electron chi connectivity index (χ0n) is 13.4. The van der Waals surface area contributed by atoms with Crippen LogP contribution in [0, 0.1) is 0 Å². The number of nitrogens with zero attached hydrogens (tertiary/aromatic N) is 1. The molecule has 9 heteroatoms. The first kappa shape index (κ1) is 16.9. The molecule has 0 fully saturated rings. The molecular weight excluding hydrogens is 346 g/mol. The minimum absolute atomic E-state index is 0.105. The topological polar surface area (TPSA) is 118 Å². The normalized spacial score (nSPS) is 17.0. The van der Waals surface area contributed by atoms with E-state index in [0.29, 0.717) is 16.4 Å². The molecule has 1 aliphatic heterocycles. The molecule has 130 valence electrons. The van der Waals surface area contributed by atoms with Gasteiger partial charge in [-0.25, -0.2) is 9.78 Å². The number of carbonyl (C=O) groups is 3. The van der Waals surface area contributed by atoms with Crippen LogP contribution in [0.2, 0.25) is 0 Å². The van der Waals surface area contributed by atoms with Gasteiger partial charge in [-0.2, -0.15) is 0 Å². The Morgan fingerprint density at radius 2 is 2.20 bits per heavy atom. The summed E-state index contributed by atoms with van der Waals surface area (Å²) in [6.45, 7) is 3.31. The van der Waals surface area contributed by atoms with E-state index < -0.39 is 24.0 Å². The number of aromatic nitrogens is 1. The summed E-state index contributed by atoms with van der Waals surface area (Å²) < 4.78 is 5.56. The molecule has 1 aliphatic rings. The van der Waals surface area contributed by atoms with Crippen LogP contribution in [0.15, 0.2) is 24.4 Å². The number of amides is 2. The number of rotatable bonds is 4. The van der Waals surface area contributed by atoms with E-state index in [9.17, 15) is 14.4 Å². The van der Waals surface area contributed by atoms with E-state index >= 15 is 0 Å². The second kappa shape index (κ2) is 6.52. The molecule has 25 heavy (non-hydrogen) atoms. The predicted molar refractivity (Wildman–Crippen MR) is 90.1 cm³/mol. The van der Waals surface area contributed by atoms with Crippen LogP contribution in [0.5, 0.6) is 5.75 Å². The lowest BCUT2D eigenvalue weighted by atomic mass is 10.1. The number of ether oxygens (including phenoxy) is 1. The zero-order chi connectivity index (χ0) is 18.1. The van der Waals surface area contributed by atoms with Gasteiger partial charge in [-0.15, -0.1) is 11.3 Å². The predicted octanol–water partition coefficient (Wildman–Crippen LogP) is 2.05. The van der Waals surface area contributed by atoms with Crippen LogP contribution < -0.4 is 15.4 Å². The van der Waals surface area contributed by atoms with Crippen LogP contribution in [0.4, 0.5) is 5.69 Å². The van der Waals surface area contributed by atoms with Gasteiger partial charge in [0.2, 0.25) is 0 Å². The molecule has 8 nitrogen and oxygen atoms in total. The smallest absolute Gasteiger partial charge is 0.347 e. The largest absolute Gasteiger partial charge is 0.478 e. The quantitative estimate of drug-likeness (QED) is 0.767. The van der Waals surface area contributed by atoms with Gasteiger partial charge in [0.15, 0.2) is 11.9 Å². The number of aromatic carboxylic acids is 1. The minimum atomic E-state index is -1.06. The van der Waals surface area contributed by atoms with Crippen LogP contribution in [0.3, 0.4) is 0 Å². The summed E-state index contributed by atoms with van der Waals surface area (Å²) in [5.41, 5.74) is 0.719. The Labute approximate surface area is 146 Å². The second-order valence-corrected chi connectivity index (χ2v) is 6.56. The Kier molecular flexibility index (Phi) is 4.41. The molecule has 0 saturated heterocycles. The molecule has 0 radical (unpaired) electrons. The molecule has 1 aromatic carbocycles. The number of thiazole rings is 1. The van der Waals surface area contributed by atoms with E-state index in [2.05, 4.69) is 15.6 Å². The van der Waals surface area contributed by atoms with Gasteiger partial charge in [0.1, 0.15) is 9.88 Å². The third-order valence-electron chi connectivity index (χ3n) is 3.63. The highest BCUT2D eigenvalue weighted by Crippen LogP contribution is 2.33. The number of benzene rings is 1. The standard InChI is InChI=1S/C16H15N3O5S/c1-7(15-17-6-11(25-15)16(22)23)18-14(21)9-4-3-5-10-12(9)24-8(2)13(20)19-10/h3-8H,1-2H3,(H,18,21)(H,19,20)(H,22,23). The summed E-state index contributed by atoms with van der Waals surface area (Å²) in [5, 5.41) is 14.9. The van der Waals surface area contributed by atoms with Crippen LogP contribution >= 0.6 is 11.3 Å². The van der Waals surface area contributed by atoms with Gasteiger partial charge in [0, 0.05) is 0 Å². The maximum atomic E-state index is 12.6. The molecule has 0 aliphatic carbocycles. The highest BCUT2D eigenvalue weighted by Gasteiger charge is 2.28. The summed E-state index contributed by atoms with van der Waals surface area (Å²) >= 11 is 1.00. The third-order valence-corrected chi connectivity index (χ3v) is 4.80. The minimum Gasteiger partial charge on any atom is -0.478 e. The molecule has 3 N–H and O–H groups in total. The van der Waals surface area contributed by atoms with Gasteiger partial charge in [0.25, 0.3) is 11.8 Å². The molecule has 0 bridgehead atoms. The lowest BCUT2D eigenvalue weighted by Crippen LogP contribution is -2.36. The molecular formula is C16H15N3O5S. The summed E-state index contributed by atoms with van der Waals surface area (Å²) in [6, 6.07) is 4.41. The molecule has 2 aromatic rings. The van der Waals surface area contributed by atoms with Crippen molar-refractivity contribution in [3.8, 4) is 5.75 Å². The monoisotopic (exact) mass is 361 g/mol. The first-order chi connectivity index (χ1) is 11.9. The zero-order valence-corrected chi connectivity index (χ0v) is 14.2. The van der Waals surface area contributed by atoms with Crippen molar-refractivity contribution in [2.24, 2.45) is 0 Å². The fourth-order valence-electron chi connectivity index (χ4n) is 2.33. The van der Waals surface area contributed by atoms with Crippen LogP contribution in [-0.2, 0) is 4.79 Å². The summed E-state index contributed by atoms with van der Waals surface area (Å²) in [5.74, 6) is -1.43. The maximum absolute atomic E-state index is 12.6. The second-order valence-electron chi connectivity index (χ2n) is 5.49. The highest BCUT2D eigenvalue weighted by atomic mass is 32.1. The van der Waals surface area contributed by atoms with Crippen molar-refractivity contribution in [1.29, 1.82) is 0 Å². The Hall–Kier alpha value is -2.94. The van der Waals surface area contributed by atoms with E-state index in [1.54, 1.807) is 32.0 Å². The highest BCUT2D eigenvalue weighted by molar-refractivity contribution is 7.13. The first-order valence-corrected chi connectivity index (χ1v) is 8.29. The van der Waals surface area contributed by atoms with Crippen molar-refractivity contribution < 1.29 is 24.2 Å². The maximum Gasteiger partial charge on any atom is 0.347 e. The number of anilines is 1. The summed E-state index contributed by atoms with van der Waals surface area (Å²) in [7, 11) is 0. The molecule has 0 saturated carbocycles. The fourth-order valence-corrected chi connectivity index (χ4v) is 3.09. The van der Waals surface area contributed by atoms with Crippen LogP contribution in [0.25, 0.3) is 0 Å². The van der Waals surface area contributed by atoms with Crippen LogP contribution in [-0.4, -0.2) is 34.0 Å². The molecule has 1 aromatic heterocycles. The number of para-hydroxylation sites is 1. The van der Waals surface area contributed by atoms with Gasteiger partial charge in [-0.1, -0.05) is 6.07 Å². The Morgan fingerprint density at radius 1 is 1.44 bits per heavy atom. The number of carboxylic acids is 1. The lowest BCUT2D eigenvalue weighted by molar-refractivity contribution is -0.122. The fraction of sp³-hybridized carbons (Fsp3) is 0.250. The molecule has 3 rings (SSSR count). The number of hydrogen-bond acceptors (Lipinski definition) is 6. The number of carboxylic acid groups (broad SMARTS) is 1. The van der Waals surface area contributed by atoms with Crippen molar-refractivity contribution in [3.05, 3.63) is 39.8 Å². The Balaban J connectivity index is 1.81. The number of nitrogens with one attached hydrogen (secondary N) is 2. The number of carbonyl (C=O) groups excluding carboxylic acids is 2. The molecule has 2 amide bonds. The molecule has 2 atom stereocenters. The van der Waals surface area contributed by atoms with E-state index in [4.69, 9.17) is 9.84 Å². The van der Waals surface area contributed by atoms with Gasteiger partial charge in [-0.05, 0) is 26.0 Å². The number of fused-ring (bicyclic) bond motifs is 1. The number of hydrogen-bond donors (Lipinski definition) is 3. The van der Waals surface area contributed by atoms with Gasteiger partial charge >= 0.3 is 5.97 Å². The first-order valence-electron chi connectivity index (χ1n) is 7.47. The van der Waals surface area contributed by atoms with E-state index in [-0.39, 0.29) is 16.3 Å². The molecule has 0 spiro atoms.